The molecule has 3 nitrogen and oxygen atoms in total. The zero-order valence-electron chi connectivity index (χ0n) is 15.0. The van der Waals surface area contributed by atoms with Gasteiger partial charge < -0.3 is 14.2 Å². The molecule has 0 aliphatic heterocycles. The molecule has 154 valence electrons. The Hall–Kier alpha value is -3.17. The highest BCUT2D eigenvalue weighted by Gasteiger charge is 2.33. The third-order valence-corrected chi connectivity index (χ3v) is 4.30. The fourth-order valence-corrected chi connectivity index (χ4v) is 2.96. The van der Waals surface area contributed by atoms with Crippen LogP contribution in [0.2, 0.25) is 0 Å². The standard InChI is InChI=1S/C19H11F7O3/c1-27-6-4-7(28-2)9(8(5-6)29-3)10-13(20)11-12(15(22)14(10)21)17(24)19(26)18(25)16(11)23/h4-5H,1-3H3. The Morgan fingerprint density at radius 3 is 1.31 bits per heavy atom. The quantitative estimate of drug-likeness (QED) is 0.317. The second kappa shape index (κ2) is 7.34. The van der Waals surface area contributed by atoms with Gasteiger partial charge in [0.2, 0.25) is 0 Å². The van der Waals surface area contributed by atoms with E-state index in [9.17, 15) is 26.3 Å². The molecule has 3 rings (SSSR count). The zero-order chi connectivity index (χ0) is 21.6. The largest absolute Gasteiger partial charge is 0.496 e. The van der Waals surface area contributed by atoms with Crippen LogP contribution in [0.25, 0.3) is 21.9 Å². The van der Waals surface area contributed by atoms with Gasteiger partial charge >= 0.3 is 0 Å². The van der Waals surface area contributed by atoms with E-state index in [0.29, 0.717) is 0 Å². The first-order valence-electron chi connectivity index (χ1n) is 7.81. The van der Waals surface area contributed by atoms with Gasteiger partial charge in [-0.2, -0.15) is 0 Å². The van der Waals surface area contributed by atoms with Crippen LogP contribution in [-0.2, 0) is 0 Å². The van der Waals surface area contributed by atoms with Crippen LogP contribution < -0.4 is 14.2 Å². The summed E-state index contributed by atoms with van der Waals surface area (Å²) in [5.74, 6) is -15.7. The maximum absolute atomic E-state index is 15.1. The van der Waals surface area contributed by atoms with Gasteiger partial charge in [-0.25, -0.2) is 30.7 Å². The Morgan fingerprint density at radius 2 is 0.897 bits per heavy atom. The average Bonchev–Trinajstić information content (AvgIpc) is 2.72. The topological polar surface area (TPSA) is 27.7 Å². The Bertz CT molecular complexity index is 1120. The molecule has 0 atom stereocenters. The van der Waals surface area contributed by atoms with E-state index in [1.54, 1.807) is 0 Å². The van der Waals surface area contributed by atoms with Gasteiger partial charge in [-0.1, -0.05) is 0 Å². The summed E-state index contributed by atoms with van der Waals surface area (Å²) in [4.78, 5) is 0. The summed E-state index contributed by atoms with van der Waals surface area (Å²) in [6, 6.07) is 2.34. The van der Waals surface area contributed by atoms with Gasteiger partial charge in [-0.15, -0.1) is 0 Å². The number of halogens is 7. The van der Waals surface area contributed by atoms with Crippen molar-refractivity contribution in [1.29, 1.82) is 0 Å². The molecule has 10 heteroatoms. The highest BCUT2D eigenvalue weighted by Crippen LogP contribution is 2.46. The van der Waals surface area contributed by atoms with Crippen molar-refractivity contribution in [3.05, 3.63) is 52.9 Å². The molecule has 0 aromatic heterocycles. The minimum Gasteiger partial charge on any atom is -0.496 e. The van der Waals surface area contributed by atoms with E-state index in [1.165, 1.54) is 19.2 Å². The van der Waals surface area contributed by atoms with Crippen LogP contribution in [0.3, 0.4) is 0 Å². The molecule has 3 aromatic rings. The molecule has 29 heavy (non-hydrogen) atoms. The van der Waals surface area contributed by atoms with Crippen molar-refractivity contribution in [2.45, 2.75) is 0 Å². The molecular formula is C19H11F7O3. The smallest absolute Gasteiger partial charge is 0.198 e. The monoisotopic (exact) mass is 420 g/mol. The molecule has 0 bridgehead atoms. The Labute approximate surface area is 159 Å². The molecule has 0 amide bonds. The SMILES string of the molecule is COc1cc(OC)c(-c2c(F)c(F)c3c(F)c(F)c(F)c(F)c3c2F)c(OC)c1. The van der Waals surface area contributed by atoms with Crippen molar-refractivity contribution < 1.29 is 44.9 Å². The number of benzene rings is 3. The molecule has 3 aromatic carbocycles. The average molecular weight is 420 g/mol. The van der Waals surface area contributed by atoms with Gasteiger partial charge in [0.1, 0.15) is 23.1 Å². The molecule has 0 unspecified atom stereocenters. The molecule has 0 aliphatic carbocycles. The Balaban J connectivity index is 2.57. The predicted molar refractivity (Wildman–Crippen MR) is 88.7 cm³/mol. The molecule has 0 radical (unpaired) electrons. The second-order valence-electron chi connectivity index (χ2n) is 5.73. The summed E-state index contributed by atoms with van der Waals surface area (Å²) >= 11 is 0. The number of fused-ring (bicyclic) bond motifs is 1. The maximum atomic E-state index is 15.1. The number of hydrogen-bond donors (Lipinski definition) is 0. The van der Waals surface area contributed by atoms with E-state index in [4.69, 9.17) is 14.2 Å². The van der Waals surface area contributed by atoms with Gasteiger partial charge in [-0.3, -0.25) is 0 Å². The Kier molecular flexibility index (Phi) is 5.20. The highest BCUT2D eigenvalue weighted by molar-refractivity contribution is 5.92. The molecule has 0 saturated carbocycles. The summed E-state index contributed by atoms with van der Waals surface area (Å²) in [5.41, 5.74) is -1.74. The summed E-state index contributed by atoms with van der Waals surface area (Å²) in [6.07, 6.45) is 0. The van der Waals surface area contributed by atoms with Crippen LogP contribution in [0.4, 0.5) is 30.7 Å². The fourth-order valence-electron chi connectivity index (χ4n) is 2.96. The van der Waals surface area contributed by atoms with Crippen molar-refractivity contribution in [3.63, 3.8) is 0 Å². The van der Waals surface area contributed by atoms with E-state index in [0.717, 1.165) is 14.2 Å². The van der Waals surface area contributed by atoms with Gasteiger partial charge in [0, 0.05) is 12.1 Å². The number of ether oxygens (including phenoxy) is 3. The first kappa shape index (κ1) is 20.6. The van der Waals surface area contributed by atoms with Crippen LogP contribution >= 0.6 is 0 Å². The van der Waals surface area contributed by atoms with Crippen LogP contribution in [0.1, 0.15) is 0 Å². The number of hydrogen-bond acceptors (Lipinski definition) is 3. The third kappa shape index (κ3) is 2.90. The lowest BCUT2D eigenvalue weighted by Crippen LogP contribution is -2.07. The van der Waals surface area contributed by atoms with Crippen LogP contribution in [0.5, 0.6) is 17.2 Å². The summed E-state index contributed by atoms with van der Waals surface area (Å²) in [6.45, 7) is 0. The zero-order valence-corrected chi connectivity index (χ0v) is 15.0. The first-order valence-corrected chi connectivity index (χ1v) is 7.81. The Morgan fingerprint density at radius 1 is 0.483 bits per heavy atom. The maximum Gasteiger partial charge on any atom is 0.198 e. The highest BCUT2D eigenvalue weighted by atomic mass is 19.2. The van der Waals surface area contributed by atoms with Crippen molar-refractivity contribution in [1.82, 2.24) is 0 Å². The van der Waals surface area contributed by atoms with Gasteiger partial charge in [0.05, 0.1) is 43.2 Å². The minimum absolute atomic E-state index is 0.134. The van der Waals surface area contributed by atoms with E-state index in [-0.39, 0.29) is 17.2 Å². The molecule has 0 saturated heterocycles. The number of methoxy groups -OCH3 is 3. The third-order valence-electron chi connectivity index (χ3n) is 4.30. The van der Waals surface area contributed by atoms with Crippen molar-refractivity contribution >= 4 is 10.8 Å². The normalized spacial score (nSPS) is 11.1. The fraction of sp³-hybridized carbons (Fsp3) is 0.158. The van der Waals surface area contributed by atoms with Crippen LogP contribution in [-0.4, -0.2) is 21.3 Å². The lowest BCUT2D eigenvalue weighted by Gasteiger charge is -2.18. The van der Waals surface area contributed by atoms with Crippen LogP contribution in [0.15, 0.2) is 12.1 Å². The van der Waals surface area contributed by atoms with Crippen molar-refractivity contribution in [2.75, 3.05) is 21.3 Å². The lowest BCUT2D eigenvalue weighted by atomic mass is 9.96. The summed E-state index contributed by atoms with van der Waals surface area (Å²) in [7, 11) is 3.50. The van der Waals surface area contributed by atoms with Crippen LogP contribution in [0, 0.1) is 40.7 Å². The van der Waals surface area contributed by atoms with Crippen molar-refractivity contribution in [3.8, 4) is 28.4 Å². The molecular weight excluding hydrogens is 409 g/mol. The number of rotatable bonds is 4. The molecule has 0 aliphatic rings. The summed E-state index contributed by atoms with van der Waals surface area (Å²) < 4.78 is 115. The van der Waals surface area contributed by atoms with Crippen molar-refractivity contribution in [2.24, 2.45) is 0 Å². The molecule has 0 heterocycles. The molecule has 0 spiro atoms. The van der Waals surface area contributed by atoms with Gasteiger partial charge in [-0.05, 0) is 0 Å². The van der Waals surface area contributed by atoms with Gasteiger partial charge in [0.25, 0.3) is 0 Å². The molecule has 0 N–H and O–H groups in total. The first-order chi connectivity index (χ1) is 13.7. The van der Waals surface area contributed by atoms with E-state index in [1.807, 2.05) is 0 Å². The second-order valence-corrected chi connectivity index (χ2v) is 5.73. The molecule has 0 fully saturated rings. The van der Waals surface area contributed by atoms with E-state index >= 15 is 4.39 Å². The lowest BCUT2D eigenvalue weighted by molar-refractivity contribution is 0.376. The van der Waals surface area contributed by atoms with E-state index in [2.05, 4.69) is 0 Å². The summed E-state index contributed by atoms with van der Waals surface area (Å²) in [5, 5.41) is -3.30. The minimum atomic E-state index is -2.40. The van der Waals surface area contributed by atoms with E-state index < -0.39 is 62.6 Å². The predicted octanol–water partition coefficient (Wildman–Crippen LogP) is 5.51. The van der Waals surface area contributed by atoms with Gasteiger partial charge in [0.15, 0.2) is 34.9 Å².